The summed E-state index contributed by atoms with van der Waals surface area (Å²) in [6.45, 7) is 3.70. The van der Waals surface area contributed by atoms with Crippen molar-refractivity contribution in [3.8, 4) is 0 Å². The zero-order valence-corrected chi connectivity index (χ0v) is 16.4. The molecular formula is C17H25N3O6S. The lowest BCUT2D eigenvalue weighted by Crippen LogP contribution is -2.63. The van der Waals surface area contributed by atoms with Gasteiger partial charge in [0.15, 0.2) is 0 Å². The van der Waals surface area contributed by atoms with E-state index in [0.717, 1.165) is 0 Å². The van der Waals surface area contributed by atoms with E-state index >= 15 is 0 Å². The summed E-state index contributed by atoms with van der Waals surface area (Å²) in [5, 5.41) is 32.7. The highest BCUT2D eigenvalue weighted by atomic mass is 32.2. The van der Waals surface area contributed by atoms with Gasteiger partial charge in [0.05, 0.1) is 24.2 Å². The lowest BCUT2D eigenvalue weighted by Gasteiger charge is -2.46. The summed E-state index contributed by atoms with van der Waals surface area (Å²) in [7, 11) is 3.21. The number of nitrogens with one attached hydrogen (secondary N) is 1. The van der Waals surface area contributed by atoms with Crippen molar-refractivity contribution < 1.29 is 29.7 Å². The number of rotatable bonds is 5. The highest BCUT2D eigenvalue weighted by molar-refractivity contribution is 8.03. The van der Waals surface area contributed by atoms with Gasteiger partial charge in [0, 0.05) is 36.7 Å². The number of β-lactam (4-membered cyclic amide) rings is 1. The Morgan fingerprint density at radius 3 is 2.52 bits per heavy atom. The Morgan fingerprint density at radius 1 is 1.37 bits per heavy atom. The average Bonchev–Trinajstić information content (AvgIpc) is 3.04. The number of carboxylic acid groups (broad SMARTS) is 1. The van der Waals surface area contributed by atoms with Gasteiger partial charge in [-0.25, -0.2) is 4.79 Å². The van der Waals surface area contributed by atoms with Gasteiger partial charge in [-0.1, -0.05) is 6.92 Å². The maximum Gasteiger partial charge on any atom is 0.353 e. The third kappa shape index (κ3) is 3.04. The molecule has 0 bridgehead atoms. The van der Waals surface area contributed by atoms with Gasteiger partial charge in [0.25, 0.3) is 0 Å². The molecule has 150 valence electrons. The molecule has 10 heteroatoms. The molecule has 0 aliphatic carbocycles. The smallest absolute Gasteiger partial charge is 0.353 e. The monoisotopic (exact) mass is 399 g/mol. The fourth-order valence-electron chi connectivity index (χ4n) is 4.16. The zero-order valence-electron chi connectivity index (χ0n) is 15.6. The van der Waals surface area contributed by atoms with Crippen LogP contribution in [-0.4, -0.2) is 93.1 Å². The Bertz CT molecular complexity index is 709. The second-order valence-electron chi connectivity index (χ2n) is 7.54. The van der Waals surface area contributed by atoms with E-state index in [2.05, 4.69) is 5.32 Å². The Kier molecular flexibility index (Phi) is 5.28. The summed E-state index contributed by atoms with van der Waals surface area (Å²) >= 11 is 1.20. The molecule has 0 saturated carbocycles. The van der Waals surface area contributed by atoms with Crippen LogP contribution >= 0.6 is 11.8 Å². The van der Waals surface area contributed by atoms with E-state index in [1.807, 2.05) is 6.92 Å². The first-order valence-electron chi connectivity index (χ1n) is 8.85. The molecule has 2 fully saturated rings. The molecule has 2 amide bonds. The number of likely N-dealkylation sites (N-methyl/N-ethyl adjacent to an activating group) is 1. The highest BCUT2D eigenvalue weighted by Gasteiger charge is 2.60. The Hall–Kier alpha value is -1.62. The number of carboxylic acids is 1. The van der Waals surface area contributed by atoms with E-state index in [-0.39, 0.29) is 23.4 Å². The Balaban J connectivity index is 1.83. The molecule has 0 spiro atoms. The van der Waals surface area contributed by atoms with Gasteiger partial charge in [-0.3, -0.25) is 9.59 Å². The molecule has 9 nitrogen and oxygen atoms in total. The van der Waals surface area contributed by atoms with Gasteiger partial charge in [-0.15, -0.1) is 11.8 Å². The summed E-state index contributed by atoms with van der Waals surface area (Å²) < 4.78 is 0. The van der Waals surface area contributed by atoms with Crippen LogP contribution in [0.4, 0.5) is 0 Å². The number of thioether (sulfide) groups is 1. The Labute approximate surface area is 161 Å². The molecule has 0 radical (unpaired) electrons. The molecule has 27 heavy (non-hydrogen) atoms. The number of fused-ring (bicyclic) bond motifs is 1. The molecule has 3 aliphatic rings. The number of carbonyl (C=O) groups is 3. The van der Waals surface area contributed by atoms with E-state index < -0.39 is 41.4 Å². The van der Waals surface area contributed by atoms with E-state index in [4.69, 9.17) is 0 Å². The molecule has 3 aliphatic heterocycles. The highest BCUT2D eigenvalue weighted by Crippen LogP contribution is 2.51. The third-order valence-electron chi connectivity index (χ3n) is 5.56. The summed E-state index contributed by atoms with van der Waals surface area (Å²) in [5.41, 5.74) is -0.0750. The van der Waals surface area contributed by atoms with Crippen molar-refractivity contribution >= 4 is 29.5 Å². The number of carbonyl (C=O) groups excluding carboxylic acids is 2. The van der Waals surface area contributed by atoms with Crippen molar-refractivity contribution in [2.45, 2.75) is 43.4 Å². The molecule has 3 rings (SSSR count). The van der Waals surface area contributed by atoms with Crippen LogP contribution in [0.25, 0.3) is 0 Å². The van der Waals surface area contributed by atoms with Crippen molar-refractivity contribution in [1.82, 2.24) is 15.1 Å². The minimum absolute atomic E-state index is 0.0750. The lowest BCUT2D eigenvalue weighted by molar-refractivity contribution is -0.163. The fourth-order valence-corrected chi connectivity index (χ4v) is 5.62. The minimum atomic E-state index is -1.20. The van der Waals surface area contributed by atoms with Crippen LogP contribution in [0, 0.1) is 11.8 Å². The number of hydrogen-bond donors (Lipinski definition) is 4. The van der Waals surface area contributed by atoms with Gasteiger partial charge < -0.3 is 30.4 Å². The molecular weight excluding hydrogens is 374 g/mol. The third-order valence-corrected chi connectivity index (χ3v) is 7.12. The molecule has 0 aromatic heterocycles. The summed E-state index contributed by atoms with van der Waals surface area (Å²) in [6, 6.07) is -1.14. The van der Waals surface area contributed by atoms with Gasteiger partial charge in [0.1, 0.15) is 11.7 Å². The van der Waals surface area contributed by atoms with Crippen molar-refractivity contribution in [3.63, 3.8) is 0 Å². The zero-order chi connectivity index (χ0) is 20.2. The summed E-state index contributed by atoms with van der Waals surface area (Å²) in [6.07, 6.45) is -1.84. The average molecular weight is 399 g/mol. The van der Waals surface area contributed by atoms with Gasteiger partial charge in [-0.05, 0) is 6.92 Å². The second kappa shape index (κ2) is 7.08. The van der Waals surface area contributed by atoms with E-state index in [0.29, 0.717) is 11.4 Å². The Morgan fingerprint density at radius 2 is 2.00 bits per heavy atom. The SMILES string of the molecule is C[C@@H](O)[C@H]1C(=O)N2C(C(=O)O)=C(S[C@@H]3CN[C@H](C(=O)N(C)C)C3O)[C@H](C)[C@H]12. The van der Waals surface area contributed by atoms with E-state index in [1.165, 1.54) is 28.5 Å². The number of hydrogen-bond acceptors (Lipinski definition) is 7. The number of nitrogens with zero attached hydrogens (tertiary/aromatic N) is 2. The largest absolute Gasteiger partial charge is 0.477 e. The summed E-state index contributed by atoms with van der Waals surface area (Å²) in [4.78, 5) is 39.5. The quantitative estimate of drug-likeness (QED) is 0.418. The van der Waals surface area contributed by atoms with Crippen LogP contribution in [0.3, 0.4) is 0 Å². The molecule has 0 aromatic rings. The maximum absolute atomic E-state index is 12.4. The topological polar surface area (TPSA) is 130 Å². The summed E-state index contributed by atoms with van der Waals surface area (Å²) in [5.74, 6) is -2.73. The number of aliphatic hydroxyl groups is 2. The predicted molar refractivity (Wildman–Crippen MR) is 97.5 cm³/mol. The van der Waals surface area contributed by atoms with Crippen LogP contribution < -0.4 is 5.32 Å². The van der Waals surface area contributed by atoms with Gasteiger partial charge in [-0.2, -0.15) is 0 Å². The minimum Gasteiger partial charge on any atom is -0.477 e. The van der Waals surface area contributed by atoms with Gasteiger partial charge in [0.2, 0.25) is 11.8 Å². The van der Waals surface area contributed by atoms with E-state index in [9.17, 15) is 29.7 Å². The normalized spacial score (nSPS) is 36.5. The van der Waals surface area contributed by atoms with Crippen LogP contribution in [-0.2, 0) is 14.4 Å². The second-order valence-corrected chi connectivity index (χ2v) is 8.82. The molecule has 3 heterocycles. The van der Waals surface area contributed by atoms with Gasteiger partial charge >= 0.3 is 5.97 Å². The van der Waals surface area contributed by atoms with Crippen LogP contribution in [0.2, 0.25) is 0 Å². The number of aliphatic hydroxyl groups excluding tert-OH is 2. The number of aliphatic carboxylic acids is 1. The van der Waals surface area contributed by atoms with Crippen molar-refractivity contribution in [1.29, 1.82) is 0 Å². The first kappa shape index (κ1) is 20.1. The fraction of sp³-hybridized carbons (Fsp3) is 0.706. The van der Waals surface area contributed by atoms with E-state index in [1.54, 1.807) is 14.1 Å². The lowest BCUT2D eigenvalue weighted by atomic mass is 9.79. The first-order valence-corrected chi connectivity index (χ1v) is 9.73. The molecule has 4 N–H and O–H groups in total. The van der Waals surface area contributed by atoms with Crippen molar-refractivity contribution in [3.05, 3.63) is 10.6 Å². The van der Waals surface area contributed by atoms with Crippen LogP contribution in [0.15, 0.2) is 10.6 Å². The number of amides is 2. The van der Waals surface area contributed by atoms with Crippen LogP contribution in [0.5, 0.6) is 0 Å². The standard InChI is InChI=1S/C17H25N3O6S/c1-6-11-9(7(2)21)15(23)20(11)12(17(25)26)14(6)27-8-5-18-10(13(8)22)16(24)19(3)4/h6-11,13,18,21-22H,5H2,1-4H3,(H,25,26)/t6-,7-,8-,9-,10+,11-,13?/m1/s1. The van der Waals surface area contributed by atoms with Crippen LogP contribution in [0.1, 0.15) is 13.8 Å². The first-order chi connectivity index (χ1) is 12.6. The maximum atomic E-state index is 12.4. The molecule has 2 saturated heterocycles. The predicted octanol–water partition coefficient (Wildman–Crippen LogP) is -1.34. The molecule has 1 unspecified atom stereocenters. The molecule has 0 aromatic carbocycles. The van der Waals surface area contributed by atoms with Crippen molar-refractivity contribution in [2.75, 3.05) is 20.6 Å². The van der Waals surface area contributed by atoms with Crippen molar-refractivity contribution in [2.24, 2.45) is 11.8 Å². The molecule has 7 atom stereocenters.